The van der Waals surface area contributed by atoms with E-state index < -0.39 is 0 Å². The van der Waals surface area contributed by atoms with Gasteiger partial charge in [0.15, 0.2) is 0 Å². The Balaban J connectivity index is 0.000000591. The highest BCUT2D eigenvalue weighted by Crippen LogP contribution is 2.39. The molecule has 1 aliphatic carbocycles. The Bertz CT molecular complexity index is 1220. The van der Waals surface area contributed by atoms with Crippen molar-refractivity contribution in [3.63, 3.8) is 0 Å². The average Bonchev–Trinajstić information content (AvgIpc) is 3.86. The molecule has 47 heavy (non-hydrogen) atoms. The van der Waals surface area contributed by atoms with Gasteiger partial charge in [-0.2, -0.15) is 0 Å². The van der Waals surface area contributed by atoms with Crippen LogP contribution in [0.2, 0.25) is 0 Å². The van der Waals surface area contributed by atoms with Gasteiger partial charge in [0.2, 0.25) is 0 Å². The summed E-state index contributed by atoms with van der Waals surface area (Å²) in [5.41, 5.74) is 10.8. The van der Waals surface area contributed by atoms with E-state index in [4.69, 9.17) is 10.5 Å². The third kappa shape index (κ3) is 10.9. The standard InChI is InChI=1S/C30H45N7O.C4H8.C2H7N.CH2O/c1-22-6-5-7-26(18-22)28(25-8-12-34(4)13-9-25)37-17-16-36(20-23(37)2)30(31)10-14-35(15-11-30)29(38)27-19-32-21-33-24(27)3;1-4-2-3-4;1-3-2;1-2/h5-7,18-19,21,23,25,28H,8-17,20,31H2,1-4H3;4H,2-3H2,1H3;3H,1-2H3;1H2. The predicted octanol–water partition coefficient (Wildman–Crippen LogP) is 4.14. The zero-order valence-electron chi connectivity index (χ0n) is 30.3. The van der Waals surface area contributed by atoms with E-state index in [1.165, 1.54) is 56.2 Å². The Morgan fingerprint density at radius 1 is 1.00 bits per heavy atom. The maximum Gasteiger partial charge on any atom is 0.257 e. The SMILES string of the molecule is C=O.CC1CC1.CNC.Cc1cccc(C(C2CCN(C)CC2)N2CCN(C3(N)CCN(C(=O)c4cncnc4C)CC3)CC2C)c1. The van der Waals surface area contributed by atoms with E-state index in [0.717, 1.165) is 44.1 Å². The van der Waals surface area contributed by atoms with Crippen molar-refractivity contribution >= 4 is 12.7 Å². The van der Waals surface area contributed by atoms with Crippen LogP contribution in [0, 0.1) is 25.7 Å². The van der Waals surface area contributed by atoms with Gasteiger partial charge in [-0.3, -0.25) is 14.6 Å². The first-order valence-electron chi connectivity index (χ1n) is 17.5. The highest BCUT2D eigenvalue weighted by Gasteiger charge is 2.43. The van der Waals surface area contributed by atoms with E-state index in [1.54, 1.807) is 6.20 Å². The molecule has 0 bridgehead atoms. The summed E-state index contributed by atoms with van der Waals surface area (Å²) < 4.78 is 0. The fraction of sp³-hybridized carbons (Fsp3) is 0.676. The Kier molecular flexibility index (Phi) is 15.4. The second kappa shape index (κ2) is 18.7. The smallest absolute Gasteiger partial charge is 0.257 e. The van der Waals surface area contributed by atoms with E-state index >= 15 is 0 Å². The molecule has 3 aliphatic heterocycles. The second-order valence-corrected chi connectivity index (χ2v) is 14.1. The highest BCUT2D eigenvalue weighted by molar-refractivity contribution is 5.94. The number of carbonyl (C=O) groups is 2. The van der Waals surface area contributed by atoms with Gasteiger partial charge in [0.05, 0.1) is 16.9 Å². The molecule has 1 aromatic heterocycles. The number of hydrogen-bond donors (Lipinski definition) is 2. The zero-order chi connectivity index (χ0) is 34.6. The Morgan fingerprint density at radius 2 is 1.62 bits per heavy atom. The van der Waals surface area contributed by atoms with Crippen molar-refractivity contribution in [3.05, 3.63) is 59.2 Å². The topological polar surface area (TPSA) is 111 Å². The molecule has 0 radical (unpaired) electrons. The number of aryl methyl sites for hydroxylation is 2. The van der Waals surface area contributed by atoms with Crippen LogP contribution in [0.1, 0.15) is 85.6 Å². The first kappa shape index (κ1) is 38.7. The normalized spacial score (nSPS) is 22.8. The van der Waals surface area contributed by atoms with Crippen molar-refractivity contribution in [1.29, 1.82) is 0 Å². The van der Waals surface area contributed by atoms with Gasteiger partial charge in [0.25, 0.3) is 5.91 Å². The van der Waals surface area contributed by atoms with Crippen LogP contribution in [0.4, 0.5) is 0 Å². The number of likely N-dealkylation sites (tertiary alicyclic amines) is 2. The summed E-state index contributed by atoms with van der Waals surface area (Å²) in [7, 11) is 5.99. The molecule has 2 aromatic rings. The minimum atomic E-state index is -0.369. The summed E-state index contributed by atoms with van der Waals surface area (Å²) in [5, 5.41) is 2.75. The number of benzene rings is 1. The highest BCUT2D eigenvalue weighted by atomic mass is 16.2. The second-order valence-electron chi connectivity index (χ2n) is 14.1. The number of nitrogens with one attached hydrogen (secondary N) is 1. The van der Waals surface area contributed by atoms with E-state index in [9.17, 15) is 4.79 Å². The zero-order valence-corrected chi connectivity index (χ0v) is 30.3. The Labute approximate surface area is 284 Å². The molecular weight excluding hydrogens is 588 g/mol. The van der Waals surface area contributed by atoms with E-state index in [-0.39, 0.29) is 11.6 Å². The van der Waals surface area contributed by atoms with Crippen molar-refractivity contribution in [2.24, 2.45) is 17.6 Å². The lowest BCUT2D eigenvalue weighted by atomic mass is 9.82. The van der Waals surface area contributed by atoms with E-state index in [2.05, 4.69) is 82.1 Å². The van der Waals surface area contributed by atoms with Crippen LogP contribution in [0.15, 0.2) is 36.8 Å². The fourth-order valence-corrected chi connectivity index (χ4v) is 7.07. The number of aromatic nitrogens is 2. The molecule has 10 heteroatoms. The minimum Gasteiger partial charge on any atom is -0.338 e. The third-order valence-corrected chi connectivity index (χ3v) is 10.2. The number of piperazine rings is 1. The number of hydrogen-bond acceptors (Lipinski definition) is 9. The number of rotatable bonds is 5. The third-order valence-electron chi connectivity index (χ3n) is 10.2. The molecule has 2 unspecified atom stereocenters. The lowest BCUT2D eigenvalue weighted by Gasteiger charge is -2.53. The van der Waals surface area contributed by atoms with Crippen LogP contribution in [-0.2, 0) is 4.79 Å². The molecule has 1 saturated carbocycles. The summed E-state index contributed by atoms with van der Waals surface area (Å²) >= 11 is 0. The first-order valence-corrected chi connectivity index (χ1v) is 17.5. The number of nitrogens with two attached hydrogens (primary N) is 1. The van der Waals surface area contributed by atoms with Crippen LogP contribution in [0.5, 0.6) is 0 Å². The maximum atomic E-state index is 13.1. The van der Waals surface area contributed by atoms with Gasteiger partial charge in [-0.15, -0.1) is 0 Å². The lowest BCUT2D eigenvalue weighted by Crippen LogP contribution is -2.67. The number of carbonyl (C=O) groups excluding carboxylic acids is 2. The van der Waals surface area contributed by atoms with Gasteiger partial charge in [0.1, 0.15) is 13.1 Å². The van der Waals surface area contributed by atoms with Crippen LogP contribution < -0.4 is 11.1 Å². The molecule has 4 aliphatic rings. The summed E-state index contributed by atoms with van der Waals surface area (Å²) in [6, 6.07) is 10.0. The molecular formula is C37H62N8O2. The van der Waals surface area contributed by atoms with Crippen LogP contribution >= 0.6 is 0 Å². The van der Waals surface area contributed by atoms with Gasteiger partial charge in [0, 0.05) is 51.0 Å². The van der Waals surface area contributed by atoms with Gasteiger partial charge < -0.3 is 25.6 Å². The van der Waals surface area contributed by atoms with Gasteiger partial charge in [-0.05, 0) is 98.1 Å². The fourth-order valence-electron chi connectivity index (χ4n) is 7.07. The van der Waals surface area contributed by atoms with Crippen molar-refractivity contribution in [1.82, 2.24) is 34.9 Å². The molecule has 2 atom stereocenters. The summed E-state index contributed by atoms with van der Waals surface area (Å²) in [6.45, 7) is 17.4. The molecule has 262 valence electrons. The summed E-state index contributed by atoms with van der Waals surface area (Å²) in [5.74, 6) is 1.77. The van der Waals surface area contributed by atoms with Crippen LogP contribution in [-0.4, -0.2) is 121 Å². The van der Waals surface area contributed by atoms with Crippen molar-refractivity contribution < 1.29 is 9.59 Å². The van der Waals surface area contributed by atoms with Gasteiger partial charge in [-0.25, -0.2) is 9.97 Å². The van der Waals surface area contributed by atoms with Crippen LogP contribution in [0.25, 0.3) is 0 Å². The number of piperidine rings is 2. The molecule has 4 fully saturated rings. The quantitative estimate of drug-likeness (QED) is 0.494. The predicted molar refractivity (Wildman–Crippen MR) is 191 cm³/mol. The molecule has 4 heterocycles. The molecule has 3 N–H and O–H groups in total. The minimum absolute atomic E-state index is 0.0162. The maximum absolute atomic E-state index is 13.1. The summed E-state index contributed by atoms with van der Waals surface area (Å²) in [4.78, 5) is 39.0. The van der Waals surface area contributed by atoms with Crippen molar-refractivity contribution in [3.8, 4) is 0 Å². The van der Waals surface area contributed by atoms with Crippen LogP contribution in [0.3, 0.4) is 0 Å². The molecule has 10 nitrogen and oxygen atoms in total. The molecule has 1 aromatic carbocycles. The monoisotopic (exact) mass is 650 g/mol. The van der Waals surface area contributed by atoms with Gasteiger partial charge in [-0.1, -0.05) is 49.6 Å². The Morgan fingerprint density at radius 3 is 2.15 bits per heavy atom. The number of amides is 1. The average molecular weight is 651 g/mol. The molecule has 6 rings (SSSR count). The van der Waals surface area contributed by atoms with Gasteiger partial charge >= 0.3 is 0 Å². The number of nitrogens with zero attached hydrogens (tertiary/aromatic N) is 6. The van der Waals surface area contributed by atoms with Crippen molar-refractivity contribution in [2.75, 3.05) is 67.0 Å². The largest absolute Gasteiger partial charge is 0.338 e. The molecule has 1 amide bonds. The Hall–Kier alpha value is -2.76. The van der Waals surface area contributed by atoms with E-state index in [1.807, 2.05) is 32.7 Å². The molecule has 3 saturated heterocycles. The van der Waals surface area contributed by atoms with E-state index in [0.29, 0.717) is 36.7 Å². The summed E-state index contributed by atoms with van der Waals surface area (Å²) in [6.07, 6.45) is 10.2. The van der Waals surface area contributed by atoms with Crippen molar-refractivity contribution in [2.45, 2.75) is 84.0 Å². The molecule has 0 spiro atoms. The lowest BCUT2D eigenvalue weighted by molar-refractivity contribution is -0.0980. The first-order chi connectivity index (χ1) is 22.6.